The Bertz CT molecular complexity index is 1180. The van der Waals surface area contributed by atoms with E-state index in [-0.39, 0.29) is 5.91 Å². The number of rotatable bonds is 7. The minimum absolute atomic E-state index is 0.0900. The second-order valence-electron chi connectivity index (χ2n) is 11.1. The van der Waals surface area contributed by atoms with E-state index in [2.05, 4.69) is 86.0 Å². The van der Waals surface area contributed by atoms with Crippen molar-refractivity contribution in [1.82, 2.24) is 24.5 Å². The maximum Gasteiger partial charge on any atom is 0.257 e. The van der Waals surface area contributed by atoms with E-state index in [1.807, 2.05) is 15.8 Å². The first kappa shape index (κ1) is 25.7. The van der Waals surface area contributed by atoms with Gasteiger partial charge in [0, 0.05) is 63.1 Å². The summed E-state index contributed by atoms with van der Waals surface area (Å²) in [5, 5.41) is 4.90. The molecule has 2 saturated heterocycles. The number of amides is 1. The number of carbonyl (C=O) groups is 1. The molecule has 0 N–H and O–H groups in total. The predicted molar refractivity (Wildman–Crippen MR) is 150 cm³/mol. The molecular weight excluding hydrogens is 458 g/mol. The van der Waals surface area contributed by atoms with E-state index >= 15 is 0 Å². The summed E-state index contributed by atoms with van der Waals surface area (Å²) in [6.07, 6.45) is 4.56. The van der Waals surface area contributed by atoms with Gasteiger partial charge in [-0.2, -0.15) is 5.10 Å². The summed E-state index contributed by atoms with van der Waals surface area (Å²) in [7, 11) is 0. The fraction of sp³-hybridized carbons (Fsp3) is 0.484. The molecule has 1 aromatic heterocycles. The molecule has 2 aromatic carbocycles. The first-order valence-electron chi connectivity index (χ1n) is 13.8. The Morgan fingerprint density at radius 1 is 0.838 bits per heavy atom. The third-order valence-electron chi connectivity index (χ3n) is 8.25. The van der Waals surface area contributed by atoms with E-state index in [9.17, 15) is 4.79 Å². The summed E-state index contributed by atoms with van der Waals surface area (Å²) in [6, 6.07) is 18.2. The van der Waals surface area contributed by atoms with Crippen molar-refractivity contribution in [2.24, 2.45) is 0 Å². The number of carbonyl (C=O) groups excluding carboxylic acids is 1. The van der Waals surface area contributed by atoms with Crippen LogP contribution in [0.5, 0.6) is 0 Å². The lowest BCUT2D eigenvalue weighted by Crippen LogP contribution is -2.50. The van der Waals surface area contributed by atoms with Gasteiger partial charge in [0.05, 0.1) is 12.1 Å². The number of hydrogen-bond donors (Lipinski definition) is 0. The number of likely N-dealkylation sites (tertiary alicyclic amines) is 1. The molecule has 6 nitrogen and oxygen atoms in total. The second kappa shape index (κ2) is 11.2. The maximum absolute atomic E-state index is 13.8. The van der Waals surface area contributed by atoms with Gasteiger partial charge in [0.1, 0.15) is 5.69 Å². The lowest BCUT2D eigenvalue weighted by Gasteiger charge is -2.36. The summed E-state index contributed by atoms with van der Waals surface area (Å²) in [5.74, 6) is 0.0900. The van der Waals surface area contributed by atoms with Gasteiger partial charge >= 0.3 is 0 Å². The predicted octanol–water partition coefficient (Wildman–Crippen LogP) is 4.85. The van der Waals surface area contributed by atoms with Gasteiger partial charge in [0.25, 0.3) is 5.91 Å². The summed E-state index contributed by atoms with van der Waals surface area (Å²) < 4.78 is 1.92. The molecule has 196 valence electrons. The number of aromatic nitrogens is 2. The number of nitrogens with zero attached hydrogens (tertiary/aromatic N) is 5. The third kappa shape index (κ3) is 5.97. The summed E-state index contributed by atoms with van der Waals surface area (Å²) >= 11 is 0. The number of piperazine rings is 1. The largest absolute Gasteiger partial charge is 0.336 e. The van der Waals surface area contributed by atoms with Crippen LogP contribution < -0.4 is 0 Å². The summed E-state index contributed by atoms with van der Waals surface area (Å²) in [5.41, 5.74) is 6.08. The molecule has 3 aromatic rings. The fourth-order valence-corrected chi connectivity index (χ4v) is 5.76. The molecule has 2 aliphatic rings. The lowest BCUT2D eigenvalue weighted by molar-refractivity contribution is 0.0615. The summed E-state index contributed by atoms with van der Waals surface area (Å²) in [4.78, 5) is 21.0. The van der Waals surface area contributed by atoms with Gasteiger partial charge in [0.2, 0.25) is 0 Å². The van der Waals surface area contributed by atoms with Crippen molar-refractivity contribution in [3.8, 4) is 11.3 Å². The Hall–Kier alpha value is -2.96. The minimum atomic E-state index is 0.0900. The van der Waals surface area contributed by atoms with Gasteiger partial charge in [-0.3, -0.25) is 19.3 Å². The number of hydrogen-bond acceptors (Lipinski definition) is 4. The van der Waals surface area contributed by atoms with Crippen LogP contribution in [0.2, 0.25) is 0 Å². The first-order chi connectivity index (χ1) is 17.9. The molecule has 6 heteroatoms. The number of aryl methyl sites for hydroxylation is 2. The van der Waals surface area contributed by atoms with E-state index in [0.717, 1.165) is 50.5 Å². The van der Waals surface area contributed by atoms with E-state index in [0.29, 0.717) is 24.2 Å². The zero-order valence-corrected chi connectivity index (χ0v) is 22.9. The molecular formula is C31H41N5O. The zero-order valence-electron chi connectivity index (χ0n) is 22.9. The van der Waals surface area contributed by atoms with Crippen molar-refractivity contribution in [2.75, 3.05) is 39.3 Å². The van der Waals surface area contributed by atoms with Gasteiger partial charge in [-0.1, -0.05) is 59.7 Å². The Morgan fingerprint density at radius 3 is 2.05 bits per heavy atom. The average Bonchev–Trinajstić information content (AvgIpc) is 3.47. The Kier molecular flexibility index (Phi) is 7.77. The second-order valence-corrected chi connectivity index (χ2v) is 11.1. The van der Waals surface area contributed by atoms with Crippen LogP contribution in [0.1, 0.15) is 53.7 Å². The van der Waals surface area contributed by atoms with Crippen LogP contribution in [0.3, 0.4) is 0 Å². The molecule has 2 aliphatic heterocycles. The Labute approximate surface area is 221 Å². The molecule has 0 saturated carbocycles. The standard InChI is InChI=1S/C31H41N5O/c1-23-5-11-27(12-6-23)21-35-22-29(30(32-35)28-13-7-24(2)8-14-28)31(37)34-18-15-33(16-19-34)17-20-36-25(3)9-10-26(36)4/h5-8,11-14,22,25-26H,9-10,15-21H2,1-4H3. The van der Waals surface area contributed by atoms with Crippen LogP contribution in [0.4, 0.5) is 0 Å². The van der Waals surface area contributed by atoms with Crippen LogP contribution in [-0.4, -0.2) is 81.7 Å². The van der Waals surface area contributed by atoms with Gasteiger partial charge in [-0.25, -0.2) is 0 Å². The van der Waals surface area contributed by atoms with Crippen LogP contribution in [0.25, 0.3) is 11.3 Å². The molecule has 2 fully saturated rings. The van der Waals surface area contributed by atoms with Crippen LogP contribution in [0, 0.1) is 13.8 Å². The molecule has 0 radical (unpaired) electrons. The average molecular weight is 500 g/mol. The van der Waals surface area contributed by atoms with Gasteiger partial charge in [0.15, 0.2) is 0 Å². The van der Waals surface area contributed by atoms with Crippen molar-refractivity contribution >= 4 is 5.91 Å². The first-order valence-corrected chi connectivity index (χ1v) is 13.8. The molecule has 0 spiro atoms. The van der Waals surface area contributed by atoms with Crippen molar-refractivity contribution < 1.29 is 4.79 Å². The molecule has 2 unspecified atom stereocenters. The van der Waals surface area contributed by atoms with Crippen LogP contribution >= 0.6 is 0 Å². The van der Waals surface area contributed by atoms with Gasteiger partial charge < -0.3 is 4.90 Å². The van der Waals surface area contributed by atoms with Crippen molar-refractivity contribution in [2.45, 2.75) is 59.2 Å². The monoisotopic (exact) mass is 499 g/mol. The molecule has 2 atom stereocenters. The van der Waals surface area contributed by atoms with E-state index < -0.39 is 0 Å². The minimum Gasteiger partial charge on any atom is -0.336 e. The molecule has 0 aliphatic carbocycles. The molecule has 37 heavy (non-hydrogen) atoms. The van der Waals surface area contributed by atoms with Crippen molar-refractivity contribution in [1.29, 1.82) is 0 Å². The highest BCUT2D eigenvalue weighted by Gasteiger charge is 2.29. The van der Waals surface area contributed by atoms with Crippen LogP contribution in [-0.2, 0) is 6.54 Å². The topological polar surface area (TPSA) is 44.6 Å². The normalized spacial score (nSPS) is 21.0. The van der Waals surface area contributed by atoms with Gasteiger partial charge in [-0.05, 0) is 46.1 Å². The quantitative estimate of drug-likeness (QED) is 0.466. The highest BCUT2D eigenvalue weighted by molar-refractivity contribution is 5.99. The molecule has 5 rings (SSSR count). The zero-order chi connectivity index (χ0) is 25.9. The van der Waals surface area contributed by atoms with E-state index in [1.165, 1.54) is 29.5 Å². The molecule has 0 bridgehead atoms. The third-order valence-corrected chi connectivity index (χ3v) is 8.25. The molecule has 3 heterocycles. The number of benzene rings is 2. The fourth-order valence-electron chi connectivity index (χ4n) is 5.76. The lowest BCUT2D eigenvalue weighted by atomic mass is 10.1. The smallest absolute Gasteiger partial charge is 0.257 e. The Balaban J connectivity index is 1.28. The highest BCUT2D eigenvalue weighted by atomic mass is 16.2. The summed E-state index contributed by atoms with van der Waals surface area (Å²) in [6.45, 7) is 15.1. The van der Waals surface area contributed by atoms with Gasteiger partial charge in [-0.15, -0.1) is 0 Å². The van der Waals surface area contributed by atoms with Crippen LogP contribution in [0.15, 0.2) is 54.7 Å². The SMILES string of the molecule is Cc1ccc(Cn2cc(C(=O)N3CCN(CCN4C(C)CCC4C)CC3)c(-c3ccc(C)cc3)n2)cc1. The highest BCUT2D eigenvalue weighted by Crippen LogP contribution is 2.26. The Morgan fingerprint density at radius 2 is 1.43 bits per heavy atom. The van der Waals surface area contributed by atoms with E-state index in [4.69, 9.17) is 5.10 Å². The van der Waals surface area contributed by atoms with E-state index in [1.54, 1.807) is 0 Å². The van der Waals surface area contributed by atoms with Crippen molar-refractivity contribution in [3.63, 3.8) is 0 Å². The van der Waals surface area contributed by atoms with Crippen molar-refractivity contribution in [3.05, 3.63) is 77.0 Å². The molecule has 1 amide bonds. The maximum atomic E-state index is 13.8.